The van der Waals surface area contributed by atoms with E-state index in [0.717, 1.165) is 30.0 Å². The molecule has 3 rings (SSSR count). The molecule has 0 amide bonds. The second-order valence-electron chi connectivity index (χ2n) is 6.41. The highest BCUT2D eigenvalue weighted by Crippen LogP contribution is 2.43. The molecule has 2 heterocycles. The summed E-state index contributed by atoms with van der Waals surface area (Å²) in [4.78, 5) is 9.44. The Bertz CT molecular complexity index is 626. The van der Waals surface area contributed by atoms with E-state index in [4.69, 9.17) is 16.6 Å². The van der Waals surface area contributed by atoms with Crippen molar-refractivity contribution in [1.82, 2.24) is 14.5 Å². The van der Waals surface area contributed by atoms with Gasteiger partial charge in [0.15, 0.2) is 5.65 Å². The Balaban J connectivity index is 2.06. The van der Waals surface area contributed by atoms with Crippen LogP contribution in [0.4, 0.5) is 0 Å². The van der Waals surface area contributed by atoms with Crippen molar-refractivity contribution in [2.75, 3.05) is 5.88 Å². The number of alkyl halides is 1. The fourth-order valence-corrected chi connectivity index (χ4v) is 3.88. The van der Waals surface area contributed by atoms with Gasteiger partial charge in [0, 0.05) is 25.0 Å². The molecule has 2 aromatic rings. The van der Waals surface area contributed by atoms with Crippen molar-refractivity contribution in [3.63, 3.8) is 0 Å². The number of pyridine rings is 1. The first-order chi connectivity index (χ1) is 10.2. The van der Waals surface area contributed by atoms with E-state index < -0.39 is 0 Å². The van der Waals surface area contributed by atoms with E-state index >= 15 is 0 Å². The predicted octanol–water partition coefficient (Wildman–Crippen LogP) is 4.49. The van der Waals surface area contributed by atoms with Gasteiger partial charge >= 0.3 is 0 Å². The molecule has 0 radical (unpaired) electrons. The molecular weight excluding hydrogens is 282 g/mol. The minimum absolute atomic E-state index is 0.431. The lowest BCUT2D eigenvalue weighted by Gasteiger charge is -2.28. The highest BCUT2D eigenvalue weighted by atomic mass is 35.5. The third-order valence-corrected chi connectivity index (χ3v) is 5.33. The van der Waals surface area contributed by atoms with Gasteiger partial charge in [-0.1, -0.05) is 19.8 Å². The monoisotopic (exact) mass is 305 g/mol. The molecule has 1 saturated carbocycles. The zero-order valence-corrected chi connectivity index (χ0v) is 13.8. The first kappa shape index (κ1) is 14.8. The molecule has 21 heavy (non-hydrogen) atoms. The first-order valence-corrected chi connectivity index (χ1v) is 8.59. The number of hydrogen-bond acceptors (Lipinski definition) is 2. The molecule has 1 fully saturated rings. The van der Waals surface area contributed by atoms with E-state index in [0.29, 0.717) is 11.3 Å². The van der Waals surface area contributed by atoms with Crippen LogP contribution in [-0.4, -0.2) is 20.4 Å². The van der Waals surface area contributed by atoms with Crippen LogP contribution in [0.15, 0.2) is 12.3 Å². The Labute approximate surface area is 131 Å². The van der Waals surface area contributed by atoms with E-state index in [1.807, 2.05) is 12.3 Å². The Morgan fingerprint density at radius 2 is 2.10 bits per heavy atom. The summed E-state index contributed by atoms with van der Waals surface area (Å²) in [5, 5.41) is 0. The maximum absolute atomic E-state index is 5.99. The third-order valence-electron chi connectivity index (χ3n) is 5.14. The van der Waals surface area contributed by atoms with Crippen LogP contribution >= 0.6 is 11.6 Å². The molecule has 4 heteroatoms. The minimum Gasteiger partial charge on any atom is -0.312 e. The molecule has 0 saturated heterocycles. The second kappa shape index (κ2) is 5.96. The summed E-state index contributed by atoms with van der Waals surface area (Å²) in [6.45, 7) is 5.48. The van der Waals surface area contributed by atoms with Gasteiger partial charge in [-0.2, -0.15) is 0 Å². The molecule has 114 valence electrons. The van der Waals surface area contributed by atoms with Gasteiger partial charge in [0.2, 0.25) is 0 Å². The molecule has 0 aliphatic heterocycles. The number of fused-ring (bicyclic) bond motifs is 1. The lowest BCUT2D eigenvalue weighted by atomic mass is 9.83. The van der Waals surface area contributed by atoms with Gasteiger partial charge in [-0.25, -0.2) is 9.97 Å². The molecule has 2 aromatic heterocycles. The van der Waals surface area contributed by atoms with Crippen molar-refractivity contribution in [2.45, 2.75) is 58.9 Å². The molecule has 0 spiro atoms. The van der Waals surface area contributed by atoms with E-state index in [1.54, 1.807) is 0 Å². The van der Waals surface area contributed by atoms with Crippen molar-refractivity contribution >= 4 is 22.8 Å². The van der Waals surface area contributed by atoms with Gasteiger partial charge in [0.25, 0.3) is 0 Å². The smallest absolute Gasteiger partial charge is 0.160 e. The van der Waals surface area contributed by atoms with Crippen LogP contribution in [0.5, 0.6) is 0 Å². The fourth-order valence-electron chi connectivity index (χ4n) is 3.71. The molecule has 0 aromatic carbocycles. The Morgan fingerprint density at radius 1 is 1.33 bits per heavy atom. The summed E-state index contributed by atoms with van der Waals surface area (Å²) < 4.78 is 2.35. The number of aryl methyl sites for hydroxylation is 2. The van der Waals surface area contributed by atoms with Crippen LogP contribution in [0.1, 0.15) is 50.4 Å². The topological polar surface area (TPSA) is 30.7 Å². The van der Waals surface area contributed by atoms with Crippen LogP contribution < -0.4 is 0 Å². The van der Waals surface area contributed by atoms with Crippen molar-refractivity contribution < 1.29 is 0 Å². The van der Waals surface area contributed by atoms with Crippen molar-refractivity contribution in [2.24, 2.45) is 5.41 Å². The van der Waals surface area contributed by atoms with E-state index in [-0.39, 0.29) is 0 Å². The number of halogens is 1. The Morgan fingerprint density at radius 3 is 2.76 bits per heavy atom. The number of aromatic nitrogens is 3. The maximum Gasteiger partial charge on any atom is 0.160 e. The summed E-state index contributed by atoms with van der Waals surface area (Å²) in [7, 11) is 0. The quantitative estimate of drug-likeness (QED) is 0.762. The van der Waals surface area contributed by atoms with Crippen LogP contribution in [0, 0.1) is 12.3 Å². The third kappa shape index (κ3) is 2.68. The van der Waals surface area contributed by atoms with Crippen LogP contribution in [-0.2, 0) is 13.0 Å². The number of nitrogens with zero attached hydrogens (tertiary/aromatic N) is 3. The SMILES string of the molecule is CCC1(Cn2c(CCCl)nc3c(C)ccnc32)CCCC1. The average Bonchev–Trinajstić information content (AvgIpc) is 3.08. The standard InChI is InChI=1S/C17H24ClN3/c1-3-17(8-4-5-9-17)12-21-14(6-10-18)20-15-13(2)7-11-19-16(15)21/h7,11H,3-6,8-10,12H2,1-2H3. The Hall–Kier alpha value is -1.09. The Kier molecular flexibility index (Phi) is 4.21. The second-order valence-corrected chi connectivity index (χ2v) is 6.79. The zero-order chi connectivity index (χ0) is 14.9. The molecule has 1 aliphatic carbocycles. The zero-order valence-electron chi connectivity index (χ0n) is 13.0. The van der Waals surface area contributed by atoms with Crippen LogP contribution in [0.2, 0.25) is 0 Å². The maximum atomic E-state index is 5.99. The van der Waals surface area contributed by atoms with E-state index in [1.165, 1.54) is 37.7 Å². The largest absolute Gasteiger partial charge is 0.312 e. The number of imidazole rings is 1. The highest BCUT2D eigenvalue weighted by Gasteiger charge is 2.33. The van der Waals surface area contributed by atoms with Gasteiger partial charge in [-0.3, -0.25) is 0 Å². The van der Waals surface area contributed by atoms with E-state index in [2.05, 4.69) is 23.4 Å². The van der Waals surface area contributed by atoms with E-state index in [9.17, 15) is 0 Å². The number of rotatable bonds is 5. The van der Waals surface area contributed by atoms with Gasteiger partial charge in [-0.05, 0) is 43.2 Å². The van der Waals surface area contributed by atoms with Crippen molar-refractivity contribution in [3.8, 4) is 0 Å². The highest BCUT2D eigenvalue weighted by molar-refractivity contribution is 6.17. The van der Waals surface area contributed by atoms with Crippen LogP contribution in [0.3, 0.4) is 0 Å². The fraction of sp³-hybridized carbons (Fsp3) is 0.647. The van der Waals surface area contributed by atoms with Crippen molar-refractivity contribution in [3.05, 3.63) is 23.7 Å². The lowest BCUT2D eigenvalue weighted by molar-refractivity contribution is 0.237. The normalized spacial score (nSPS) is 17.7. The lowest BCUT2D eigenvalue weighted by Crippen LogP contribution is -2.24. The summed E-state index contributed by atoms with van der Waals surface area (Å²) in [6.07, 6.45) is 9.32. The molecule has 0 N–H and O–H groups in total. The van der Waals surface area contributed by atoms with Gasteiger partial charge < -0.3 is 4.57 Å². The first-order valence-electron chi connectivity index (χ1n) is 8.06. The summed E-state index contributed by atoms with van der Waals surface area (Å²) in [5.41, 5.74) is 3.71. The summed E-state index contributed by atoms with van der Waals surface area (Å²) in [5.74, 6) is 1.71. The number of hydrogen-bond donors (Lipinski definition) is 0. The molecule has 0 atom stereocenters. The molecule has 3 nitrogen and oxygen atoms in total. The average molecular weight is 306 g/mol. The van der Waals surface area contributed by atoms with Gasteiger partial charge in [-0.15, -0.1) is 11.6 Å². The predicted molar refractivity (Wildman–Crippen MR) is 87.9 cm³/mol. The summed E-state index contributed by atoms with van der Waals surface area (Å²) >= 11 is 5.99. The van der Waals surface area contributed by atoms with Crippen molar-refractivity contribution in [1.29, 1.82) is 0 Å². The van der Waals surface area contributed by atoms with Gasteiger partial charge in [0.05, 0.1) is 0 Å². The molecule has 0 unspecified atom stereocenters. The summed E-state index contributed by atoms with van der Waals surface area (Å²) in [6, 6.07) is 2.04. The molecule has 0 bridgehead atoms. The molecular formula is C17H24ClN3. The van der Waals surface area contributed by atoms with Crippen LogP contribution in [0.25, 0.3) is 11.2 Å². The van der Waals surface area contributed by atoms with Gasteiger partial charge in [0.1, 0.15) is 11.3 Å². The minimum atomic E-state index is 0.431. The molecule has 1 aliphatic rings.